The van der Waals surface area contributed by atoms with Gasteiger partial charge in [0.05, 0.1) is 0 Å². The molecule has 0 spiro atoms. The third-order valence-corrected chi connectivity index (χ3v) is 0.430. The maximum absolute atomic E-state index is 10.8. The zero-order valence-corrected chi connectivity index (χ0v) is 6.80. The van der Waals surface area contributed by atoms with Gasteiger partial charge in [0.2, 0.25) is 0 Å². The van der Waals surface area contributed by atoms with Crippen molar-refractivity contribution in [2.24, 2.45) is 5.89 Å². The van der Waals surface area contributed by atoms with Gasteiger partial charge in [-0.2, -0.15) is 0 Å². The molecule has 0 N–H and O–H groups in total. The Morgan fingerprint density at radius 1 is 1.78 bits per heavy atom. The fourth-order valence-corrected chi connectivity index (χ4v) is 0.110. The van der Waals surface area contributed by atoms with Crippen LogP contribution in [0.2, 0.25) is 0 Å². The van der Waals surface area contributed by atoms with E-state index in [-0.39, 0.29) is 29.6 Å². The molecule has 9 heavy (non-hydrogen) atoms. The van der Waals surface area contributed by atoms with Gasteiger partial charge in [-0.1, -0.05) is 13.7 Å². The smallest absolute Gasteiger partial charge is 0.542 e. The van der Waals surface area contributed by atoms with Crippen molar-refractivity contribution < 1.29 is 52.5 Å². The van der Waals surface area contributed by atoms with Gasteiger partial charge in [-0.3, -0.25) is 4.79 Å². The quantitative estimate of drug-likeness (QED) is 0.226. The van der Waals surface area contributed by atoms with Gasteiger partial charge >= 0.3 is 29.6 Å². The van der Waals surface area contributed by atoms with Crippen LogP contribution in [0.4, 0.5) is 0 Å². The summed E-state index contributed by atoms with van der Waals surface area (Å²) in [5.74, 6) is -7.75. The van der Waals surface area contributed by atoms with Crippen LogP contribution >= 0.6 is 0 Å². The molecule has 0 rings (SSSR count). The summed E-state index contributed by atoms with van der Waals surface area (Å²) in [6.07, 6.45) is 0. The van der Waals surface area contributed by atoms with Gasteiger partial charge in [0.15, 0.2) is 5.78 Å². The van der Waals surface area contributed by atoms with Gasteiger partial charge in [0, 0.05) is 14.1 Å². The fourth-order valence-electron chi connectivity index (χ4n) is 0.110. The zero-order valence-electron chi connectivity index (χ0n) is 10.8. The molecule has 46 valence electrons. The van der Waals surface area contributed by atoms with Crippen molar-refractivity contribution in [1.82, 2.24) is 0 Å². The van der Waals surface area contributed by atoms with Crippen molar-refractivity contribution in [3.8, 4) is 0 Å². The third kappa shape index (κ3) is 4.63. The van der Waals surface area contributed by atoms with Gasteiger partial charge in [-0.25, -0.2) is 0 Å². The van der Waals surface area contributed by atoms with E-state index in [9.17, 15) is 14.7 Å². The molecule has 0 amide bonds. The number of carboxylic acid groups (broad SMARTS) is 1. The number of aliphatic carboxylic acids is 1. The van der Waals surface area contributed by atoms with E-state index in [0.29, 0.717) is 0 Å². The first-order valence-corrected chi connectivity index (χ1v) is 1.65. The van der Waals surface area contributed by atoms with Crippen LogP contribution in [0, 0.1) is 5.89 Å². The summed E-state index contributed by atoms with van der Waals surface area (Å²) in [6, 6.07) is 0. The maximum atomic E-state index is 10.8. The van der Waals surface area contributed by atoms with Crippen molar-refractivity contribution in [3.05, 3.63) is 0 Å². The minimum absolute atomic E-state index is 0. The molecule has 0 radical (unpaired) electrons. The van der Waals surface area contributed by atoms with Gasteiger partial charge < -0.3 is 9.90 Å². The van der Waals surface area contributed by atoms with Crippen LogP contribution in [0.25, 0.3) is 0 Å². The molecule has 1 atom stereocenters. The minimum Gasteiger partial charge on any atom is -0.542 e. The van der Waals surface area contributed by atoms with Gasteiger partial charge in [0.25, 0.3) is 0 Å². The van der Waals surface area contributed by atoms with Crippen molar-refractivity contribution in [1.29, 1.82) is 0 Å². The Hall–Kier alpha value is 0.140. The number of Topliss-reactive ketones (excluding diaryl/α,β-unsaturated/α-hetero) is 1. The molecule has 0 heterocycles. The molecule has 0 saturated heterocycles. The van der Waals surface area contributed by atoms with E-state index in [2.05, 4.69) is 0 Å². The molecular weight excluding hydrogens is 132 g/mol. The molecule has 3 nitrogen and oxygen atoms in total. The van der Waals surface area contributed by atoms with E-state index in [1.54, 1.807) is 0 Å². The van der Waals surface area contributed by atoms with Crippen LogP contribution in [-0.2, 0) is 9.59 Å². The number of carbonyl (C=O) groups is 2. The van der Waals surface area contributed by atoms with E-state index in [4.69, 9.17) is 8.22 Å². The topological polar surface area (TPSA) is 57.2 Å². The normalized spacial score (nSPS) is 26.3. The largest absolute Gasteiger partial charge is 1.00 e. The molecule has 4 heteroatoms. The van der Waals surface area contributed by atoms with Crippen LogP contribution < -0.4 is 34.7 Å². The Morgan fingerprint density at radius 3 is 2.44 bits per heavy atom. The number of ketones is 1. The number of rotatable bonds is 2. The first kappa shape index (κ1) is 3.51. The van der Waals surface area contributed by atoms with Gasteiger partial charge in [-0.15, -0.1) is 0 Å². The Balaban J connectivity index is 0. The summed E-state index contributed by atoms with van der Waals surface area (Å²) < 4.78 is 40.7. The molecule has 1 unspecified atom stereocenters. The predicted molar refractivity (Wildman–Crippen MR) is 24.9 cm³/mol. The Kier molecular flexibility index (Phi) is 1.94. The van der Waals surface area contributed by atoms with Crippen LogP contribution in [0.15, 0.2) is 0 Å². The maximum Gasteiger partial charge on any atom is 1.00 e. The molecule has 0 aromatic heterocycles. The number of hydrogen-bond donors (Lipinski definition) is 0. The monoisotopic (exact) mass is 145 g/mol. The standard InChI is InChI=1S/C5H8O3.Na/c1-3(2)4(6)5(7)8;/h3H,1-2H3,(H,7,8);/q;+1/p-1/i1D3,2+1D2,3D;. The second kappa shape index (κ2) is 4.97. The average molecular weight is 145 g/mol. The molecule has 0 aliphatic rings. The van der Waals surface area contributed by atoms with Crippen molar-refractivity contribution >= 4 is 11.8 Å². The first-order chi connectivity index (χ1) is 6.05. The van der Waals surface area contributed by atoms with E-state index in [1.807, 2.05) is 0 Å². The van der Waals surface area contributed by atoms with Gasteiger partial charge in [-0.05, 0) is 0 Å². The fraction of sp³-hybridized carbons (Fsp3) is 0.600. The molecular formula is C5H7NaO3. The third-order valence-electron chi connectivity index (χ3n) is 0.430. The predicted octanol–water partition coefficient (Wildman–Crippen LogP) is -4.03. The summed E-state index contributed by atoms with van der Waals surface area (Å²) in [6.45, 7) is -5.78. The summed E-state index contributed by atoms with van der Waals surface area (Å²) in [5, 5.41) is 10.1. The summed E-state index contributed by atoms with van der Waals surface area (Å²) in [5.41, 5.74) is 0. The first-order valence-electron chi connectivity index (χ1n) is 4.81. The van der Waals surface area contributed by atoms with E-state index < -0.39 is 31.4 Å². The Morgan fingerprint density at radius 2 is 2.33 bits per heavy atom. The molecule has 0 aliphatic carbocycles. The zero-order chi connectivity index (χ0) is 11.7. The van der Waals surface area contributed by atoms with E-state index in [1.165, 1.54) is 0 Å². The Labute approximate surface area is 84.2 Å². The average Bonchev–Trinajstić information content (AvgIpc) is 1.98. The minimum atomic E-state index is -3.35. The van der Waals surface area contributed by atoms with Crippen LogP contribution in [0.3, 0.4) is 0 Å². The molecule has 0 fully saturated rings. The van der Waals surface area contributed by atoms with E-state index in [0.717, 1.165) is 0 Å². The van der Waals surface area contributed by atoms with Crippen LogP contribution in [0.1, 0.15) is 22.0 Å². The molecule has 0 aromatic carbocycles. The van der Waals surface area contributed by atoms with Crippen molar-refractivity contribution in [2.75, 3.05) is 0 Å². The summed E-state index contributed by atoms with van der Waals surface area (Å²) >= 11 is 0. The van der Waals surface area contributed by atoms with Gasteiger partial charge in [0.1, 0.15) is 5.97 Å². The van der Waals surface area contributed by atoms with E-state index >= 15 is 0 Å². The van der Waals surface area contributed by atoms with Crippen molar-refractivity contribution in [2.45, 2.75) is 13.7 Å². The van der Waals surface area contributed by atoms with Crippen molar-refractivity contribution in [3.63, 3.8) is 0 Å². The SMILES string of the molecule is [2H][13CH]([2H])C([2H])(C(=O)C(=O)[O-])C([2H])([2H])[2H].[Na+]. The Bertz CT molecular complexity index is 264. The molecule has 0 aromatic rings. The second-order valence-electron chi connectivity index (χ2n) is 1.03. The summed E-state index contributed by atoms with van der Waals surface area (Å²) in [4.78, 5) is 20.9. The number of carbonyl (C=O) groups excluding carboxylic acids is 2. The molecule has 0 aliphatic heterocycles. The van der Waals surface area contributed by atoms with Crippen LogP contribution in [0.5, 0.6) is 0 Å². The number of carboxylic acids is 1. The van der Waals surface area contributed by atoms with Crippen LogP contribution in [-0.4, -0.2) is 11.8 Å². The number of hydrogen-bond acceptors (Lipinski definition) is 3. The summed E-state index contributed by atoms with van der Waals surface area (Å²) in [7, 11) is 0. The second-order valence-corrected chi connectivity index (χ2v) is 1.03. The molecule has 0 saturated carbocycles. The molecule has 0 bridgehead atoms.